The van der Waals surface area contributed by atoms with Crippen LogP contribution in [0.15, 0.2) is 30.3 Å². The molecule has 0 saturated carbocycles. The summed E-state index contributed by atoms with van der Waals surface area (Å²) in [6, 6.07) is 10.3. The molecule has 0 spiro atoms. The lowest BCUT2D eigenvalue weighted by Crippen LogP contribution is -2.37. The van der Waals surface area contributed by atoms with Crippen molar-refractivity contribution in [2.24, 2.45) is 5.41 Å². The molecule has 0 aliphatic carbocycles. The molecule has 24 heavy (non-hydrogen) atoms. The van der Waals surface area contributed by atoms with Gasteiger partial charge in [-0.15, -0.1) is 0 Å². The van der Waals surface area contributed by atoms with E-state index in [0.717, 1.165) is 19.5 Å². The van der Waals surface area contributed by atoms with Crippen molar-refractivity contribution in [3.63, 3.8) is 0 Å². The normalized spacial score (nSPS) is 11.4. The molecule has 0 aromatic heterocycles. The van der Waals surface area contributed by atoms with Crippen LogP contribution in [0.1, 0.15) is 39.2 Å². The monoisotopic (exact) mass is 333 g/mol. The molecule has 1 rings (SSSR count). The van der Waals surface area contributed by atoms with E-state index in [-0.39, 0.29) is 11.8 Å². The van der Waals surface area contributed by atoms with Crippen LogP contribution in [0.2, 0.25) is 0 Å². The lowest BCUT2D eigenvalue weighted by molar-refractivity contribution is -0.128. The first-order valence-electron chi connectivity index (χ1n) is 8.56. The maximum atomic E-state index is 11.7. The zero-order valence-electron chi connectivity index (χ0n) is 15.4. The molecule has 134 valence electrons. The molecule has 5 heteroatoms. The summed E-state index contributed by atoms with van der Waals surface area (Å²) in [4.78, 5) is 25.7. The van der Waals surface area contributed by atoms with Gasteiger partial charge in [0, 0.05) is 31.5 Å². The molecular formula is C19H31N3O2. The Kier molecular flexibility index (Phi) is 8.47. The van der Waals surface area contributed by atoms with Gasteiger partial charge in [-0.3, -0.25) is 9.59 Å². The first kappa shape index (κ1) is 20.2. The van der Waals surface area contributed by atoms with Crippen LogP contribution in [-0.2, 0) is 16.1 Å². The van der Waals surface area contributed by atoms with E-state index in [1.807, 2.05) is 39.0 Å². The number of nitrogens with zero attached hydrogens (tertiary/aromatic N) is 1. The van der Waals surface area contributed by atoms with Crippen molar-refractivity contribution < 1.29 is 9.59 Å². The topological polar surface area (TPSA) is 61.4 Å². The maximum Gasteiger partial charge on any atom is 0.225 e. The predicted molar refractivity (Wildman–Crippen MR) is 97.5 cm³/mol. The molecule has 0 unspecified atom stereocenters. The van der Waals surface area contributed by atoms with Gasteiger partial charge < -0.3 is 15.5 Å². The molecule has 1 aromatic carbocycles. The summed E-state index contributed by atoms with van der Waals surface area (Å²) in [6.45, 7) is 8.45. The van der Waals surface area contributed by atoms with Crippen molar-refractivity contribution in [2.75, 3.05) is 26.7 Å². The number of amides is 2. The smallest absolute Gasteiger partial charge is 0.225 e. The number of nitrogens with one attached hydrogen (secondary N) is 2. The van der Waals surface area contributed by atoms with Crippen LogP contribution in [0.3, 0.4) is 0 Å². The number of hydrogen-bond acceptors (Lipinski definition) is 3. The molecule has 1 aromatic rings. The summed E-state index contributed by atoms with van der Waals surface area (Å²) in [5, 5.41) is 5.68. The van der Waals surface area contributed by atoms with Crippen molar-refractivity contribution in [1.82, 2.24) is 15.5 Å². The number of carbonyl (C=O) groups excluding carboxylic acids is 2. The third-order valence-electron chi connectivity index (χ3n) is 3.65. The molecule has 0 fully saturated rings. The van der Waals surface area contributed by atoms with E-state index >= 15 is 0 Å². The van der Waals surface area contributed by atoms with Crippen LogP contribution in [-0.4, -0.2) is 43.4 Å². The lowest BCUT2D eigenvalue weighted by atomic mass is 9.96. The summed E-state index contributed by atoms with van der Waals surface area (Å²) < 4.78 is 0. The second-order valence-electron chi connectivity index (χ2n) is 7.18. The van der Waals surface area contributed by atoms with Crippen molar-refractivity contribution in [1.29, 1.82) is 0 Å². The van der Waals surface area contributed by atoms with Gasteiger partial charge in [-0.2, -0.15) is 0 Å². The van der Waals surface area contributed by atoms with Gasteiger partial charge in [0.2, 0.25) is 11.8 Å². The standard InChI is InChI=1S/C19H31N3O2/c1-19(2,3)18(24)21-13-11-17(23)20-12-8-14-22(4)15-16-9-6-5-7-10-16/h5-7,9-10H,8,11-15H2,1-4H3,(H,20,23)(H,21,24). The highest BCUT2D eigenvalue weighted by Crippen LogP contribution is 2.12. The van der Waals surface area contributed by atoms with E-state index in [9.17, 15) is 9.59 Å². The Morgan fingerprint density at radius 1 is 1.04 bits per heavy atom. The third-order valence-corrected chi connectivity index (χ3v) is 3.65. The fourth-order valence-electron chi connectivity index (χ4n) is 2.19. The molecule has 0 bridgehead atoms. The molecule has 0 atom stereocenters. The van der Waals surface area contributed by atoms with E-state index < -0.39 is 5.41 Å². The molecule has 2 N–H and O–H groups in total. The van der Waals surface area contributed by atoms with E-state index in [1.54, 1.807) is 0 Å². The van der Waals surface area contributed by atoms with Crippen molar-refractivity contribution in [3.8, 4) is 0 Å². The van der Waals surface area contributed by atoms with Crippen molar-refractivity contribution in [3.05, 3.63) is 35.9 Å². The first-order chi connectivity index (χ1) is 11.3. The molecule has 5 nitrogen and oxygen atoms in total. The van der Waals surface area contributed by atoms with Gasteiger partial charge in [0.05, 0.1) is 0 Å². The van der Waals surface area contributed by atoms with Crippen LogP contribution in [0.4, 0.5) is 0 Å². The van der Waals surface area contributed by atoms with E-state index in [0.29, 0.717) is 19.5 Å². The third kappa shape index (κ3) is 8.67. The Balaban J connectivity index is 2.08. The van der Waals surface area contributed by atoms with Crippen LogP contribution >= 0.6 is 0 Å². The van der Waals surface area contributed by atoms with Crippen LogP contribution in [0, 0.1) is 5.41 Å². The Hall–Kier alpha value is -1.88. The minimum Gasteiger partial charge on any atom is -0.356 e. The maximum absolute atomic E-state index is 11.7. The van der Waals surface area contributed by atoms with Crippen LogP contribution in [0.5, 0.6) is 0 Å². The Labute approximate surface area is 145 Å². The molecule has 0 aliphatic heterocycles. The lowest BCUT2D eigenvalue weighted by Gasteiger charge is -2.18. The van der Waals surface area contributed by atoms with Gasteiger partial charge in [0.1, 0.15) is 0 Å². The largest absolute Gasteiger partial charge is 0.356 e. The van der Waals surface area contributed by atoms with Crippen LogP contribution in [0.25, 0.3) is 0 Å². The zero-order valence-corrected chi connectivity index (χ0v) is 15.4. The number of carbonyl (C=O) groups is 2. The SMILES string of the molecule is CN(CCCNC(=O)CCNC(=O)C(C)(C)C)Cc1ccccc1. The average Bonchev–Trinajstić information content (AvgIpc) is 2.51. The minimum absolute atomic E-state index is 0.0186. The fraction of sp³-hybridized carbons (Fsp3) is 0.579. The highest BCUT2D eigenvalue weighted by molar-refractivity contribution is 5.82. The number of benzene rings is 1. The molecule has 0 heterocycles. The first-order valence-corrected chi connectivity index (χ1v) is 8.56. The van der Waals surface area contributed by atoms with E-state index in [2.05, 4.69) is 34.7 Å². The van der Waals surface area contributed by atoms with Crippen molar-refractivity contribution in [2.45, 2.75) is 40.2 Å². The summed E-state index contributed by atoms with van der Waals surface area (Å²) in [5.74, 6) is -0.0484. The van der Waals surface area contributed by atoms with Gasteiger partial charge in [-0.05, 0) is 25.6 Å². The predicted octanol–water partition coefficient (Wildman–Crippen LogP) is 2.18. The Morgan fingerprint density at radius 3 is 2.33 bits per heavy atom. The van der Waals surface area contributed by atoms with E-state index in [1.165, 1.54) is 5.56 Å². The van der Waals surface area contributed by atoms with Crippen molar-refractivity contribution >= 4 is 11.8 Å². The highest BCUT2D eigenvalue weighted by atomic mass is 16.2. The second kappa shape index (κ2) is 10.1. The van der Waals surface area contributed by atoms with Crippen LogP contribution < -0.4 is 10.6 Å². The second-order valence-corrected chi connectivity index (χ2v) is 7.18. The number of rotatable bonds is 9. The minimum atomic E-state index is -0.417. The molecule has 0 saturated heterocycles. The zero-order chi connectivity index (χ0) is 18.0. The summed E-state index contributed by atoms with van der Waals surface area (Å²) >= 11 is 0. The Bertz CT molecular complexity index is 509. The molecule has 2 amide bonds. The Morgan fingerprint density at radius 2 is 1.71 bits per heavy atom. The highest BCUT2D eigenvalue weighted by Gasteiger charge is 2.20. The summed E-state index contributed by atoms with van der Waals surface area (Å²) in [5.41, 5.74) is 0.874. The molecular weight excluding hydrogens is 302 g/mol. The fourth-order valence-corrected chi connectivity index (χ4v) is 2.19. The van der Waals surface area contributed by atoms with E-state index in [4.69, 9.17) is 0 Å². The van der Waals surface area contributed by atoms with Gasteiger partial charge in [-0.1, -0.05) is 51.1 Å². The van der Waals surface area contributed by atoms with Gasteiger partial charge in [0.25, 0.3) is 0 Å². The van der Waals surface area contributed by atoms with Gasteiger partial charge >= 0.3 is 0 Å². The average molecular weight is 333 g/mol. The van der Waals surface area contributed by atoms with Gasteiger partial charge in [-0.25, -0.2) is 0 Å². The molecule has 0 aliphatic rings. The number of hydrogen-bond donors (Lipinski definition) is 2. The van der Waals surface area contributed by atoms with Gasteiger partial charge in [0.15, 0.2) is 0 Å². The summed E-state index contributed by atoms with van der Waals surface area (Å²) in [7, 11) is 2.08. The quantitative estimate of drug-likeness (QED) is 0.681. The molecule has 0 radical (unpaired) electrons. The summed E-state index contributed by atoms with van der Waals surface area (Å²) in [6.07, 6.45) is 1.23.